The second-order valence-electron chi connectivity index (χ2n) is 5.17. The summed E-state index contributed by atoms with van der Waals surface area (Å²) in [7, 11) is 0. The van der Waals surface area contributed by atoms with Crippen molar-refractivity contribution in [2.75, 3.05) is 6.54 Å². The maximum atomic E-state index is 12.3. The van der Waals surface area contributed by atoms with E-state index in [0.717, 1.165) is 31.2 Å². The maximum absolute atomic E-state index is 12.3. The monoisotopic (exact) mass is 262 g/mol. The largest absolute Gasteiger partial charge is 0.391 e. The second kappa shape index (κ2) is 6.68. The van der Waals surface area contributed by atoms with Gasteiger partial charge in [-0.1, -0.05) is 43.2 Å². The minimum atomic E-state index is -0.424. The van der Waals surface area contributed by atoms with Crippen molar-refractivity contribution >= 4 is 5.91 Å². The first-order valence-electron chi connectivity index (χ1n) is 6.96. The Morgan fingerprint density at radius 1 is 1.32 bits per heavy atom. The van der Waals surface area contributed by atoms with Gasteiger partial charge >= 0.3 is 0 Å². The highest BCUT2D eigenvalue weighted by Gasteiger charge is 2.27. The number of aliphatic hydroxyl groups excluding tert-OH is 1. The summed E-state index contributed by atoms with van der Waals surface area (Å²) >= 11 is 0. The van der Waals surface area contributed by atoms with Gasteiger partial charge in [-0.25, -0.2) is 0 Å². The lowest BCUT2D eigenvalue weighted by atomic mass is 9.91. The Hall–Kier alpha value is -1.39. The summed E-state index contributed by atoms with van der Waals surface area (Å²) < 4.78 is 0. The number of rotatable bonds is 4. The Bertz CT molecular complexity index is 408. The van der Waals surface area contributed by atoms with Gasteiger partial charge in [-0.15, -0.1) is 0 Å². The van der Waals surface area contributed by atoms with E-state index in [0.29, 0.717) is 0 Å². The van der Waals surface area contributed by atoms with Crippen molar-refractivity contribution in [2.24, 2.45) is 5.73 Å². The van der Waals surface area contributed by atoms with Gasteiger partial charge in [-0.05, 0) is 18.4 Å². The number of hydrogen-bond donors (Lipinski definition) is 3. The summed E-state index contributed by atoms with van der Waals surface area (Å²) in [5.41, 5.74) is 6.65. The van der Waals surface area contributed by atoms with Gasteiger partial charge < -0.3 is 16.2 Å². The Morgan fingerprint density at radius 2 is 2.00 bits per heavy atom. The molecule has 0 saturated heterocycles. The third kappa shape index (κ3) is 3.55. The normalized spacial score (nSPS) is 24.7. The van der Waals surface area contributed by atoms with Crippen molar-refractivity contribution in [3.05, 3.63) is 35.9 Å². The topological polar surface area (TPSA) is 75.4 Å². The Labute approximate surface area is 114 Å². The van der Waals surface area contributed by atoms with Gasteiger partial charge in [0.1, 0.15) is 0 Å². The van der Waals surface area contributed by atoms with Crippen LogP contribution in [-0.2, 0) is 4.79 Å². The zero-order valence-corrected chi connectivity index (χ0v) is 11.1. The molecular formula is C15H22N2O2. The number of carbonyl (C=O) groups excluding carboxylic acids is 1. The molecule has 4 nitrogen and oxygen atoms in total. The van der Waals surface area contributed by atoms with E-state index in [1.165, 1.54) is 0 Å². The van der Waals surface area contributed by atoms with Crippen molar-refractivity contribution in [2.45, 2.75) is 43.7 Å². The molecule has 4 heteroatoms. The van der Waals surface area contributed by atoms with Crippen molar-refractivity contribution in [1.82, 2.24) is 5.32 Å². The number of nitrogens with one attached hydrogen (secondary N) is 1. The van der Waals surface area contributed by atoms with Crippen LogP contribution in [0.2, 0.25) is 0 Å². The highest BCUT2D eigenvalue weighted by molar-refractivity contribution is 5.84. The van der Waals surface area contributed by atoms with E-state index in [1.807, 2.05) is 30.3 Å². The molecule has 1 aromatic carbocycles. The summed E-state index contributed by atoms with van der Waals surface area (Å²) in [5.74, 6) is -0.421. The number of carbonyl (C=O) groups is 1. The lowest BCUT2D eigenvalue weighted by Gasteiger charge is -2.29. The number of hydrogen-bond acceptors (Lipinski definition) is 3. The van der Waals surface area contributed by atoms with Crippen LogP contribution in [0.3, 0.4) is 0 Å². The molecule has 0 aromatic heterocycles. The smallest absolute Gasteiger partial charge is 0.229 e. The van der Waals surface area contributed by atoms with Gasteiger partial charge in [-0.2, -0.15) is 0 Å². The number of amides is 1. The van der Waals surface area contributed by atoms with Crippen molar-refractivity contribution < 1.29 is 9.90 Å². The number of benzene rings is 1. The summed E-state index contributed by atoms with van der Waals surface area (Å²) in [5, 5.41) is 12.8. The zero-order valence-electron chi connectivity index (χ0n) is 11.1. The first-order chi connectivity index (χ1) is 9.22. The minimum Gasteiger partial charge on any atom is -0.391 e. The van der Waals surface area contributed by atoms with Gasteiger partial charge in [0.25, 0.3) is 0 Å². The van der Waals surface area contributed by atoms with Crippen LogP contribution in [0.4, 0.5) is 0 Å². The van der Waals surface area contributed by atoms with Gasteiger partial charge in [0.15, 0.2) is 0 Å². The van der Waals surface area contributed by atoms with E-state index < -0.39 is 6.10 Å². The molecule has 0 radical (unpaired) electrons. The van der Waals surface area contributed by atoms with Crippen LogP contribution in [0.1, 0.15) is 37.2 Å². The van der Waals surface area contributed by atoms with Crippen LogP contribution in [0.15, 0.2) is 30.3 Å². The van der Waals surface area contributed by atoms with Gasteiger partial charge in [-0.3, -0.25) is 4.79 Å². The van der Waals surface area contributed by atoms with Crippen LogP contribution in [0, 0.1) is 0 Å². The van der Waals surface area contributed by atoms with E-state index in [1.54, 1.807) is 0 Å². The molecule has 1 fully saturated rings. The molecule has 0 heterocycles. The fourth-order valence-corrected chi connectivity index (χ4v) is 2.64. The lowest BCUT2D eigenvalue weighted by molar-refractivity contribution is -0.124. The molecule has 0 aliphatic heterocycles. The molecule has 19 heavy (non-hydrogen) atoms. The first kappa shape index (κ1) is 14.0. The van der Waals surface area contributed by atoms with Crippen LogP contribution in [-0.4, -0.2) is 29.7 Å². The molecule has 1 amide bonds. The van der Waals surface area contributed by atoms with Crippen LogP contribution in [0.25, 0.3) is 0 Å². The molecular weight excluding hydrogens is 240 g/mol. The first-order valence-corrected chi connectivity index (χ1v) is 6.96. The van der Waals surface area contributed by atoms with E-state index in [9.17, 15) is 9.90 Å². The van der Waals surface area contributed by atoms with Crippen molar-refractivity contribution in [1.29, 1.82) is 0 Å². The predicted molar refractivity (Wildman–Crippen MR) is 74.6 cm³/mol. The average molecular weight is 262 g/mol. The van der Waals surface area contributed by atoms with Crippen LogP contribution < -0.4 is 11.1 Å². The van der Waals surface area contributed by atoms with Gasteiger partial charge in [0, 0.05) is 6.54 Å². The third-order valence-corrected chi connectivity index (χ3v) is 3.81. The maximum Gasteiger partial charge on any atom is 0.229 e. The highest BCUT2D eigenvalue weighted by atomic mass is 16.3. The van der Waals surface area contributed by atoms with Crippen molar-refractivity contribution in [3.8, 4) is 0 Å². The van der Waals surface area contributed by atoms with E-state index in [4.69, 9.17) is 5.73 Å². The molecule has 1 saturated carbocycles. The number of aliphatic hydroxyl groups is 1. The van der Waals surface area contributed by atoms with E-state index >= 15 is 0 Å². The van der Waals surface area contributed by atoms with Gasteiger partial charge in [0.05, 0.1) is 18.1 Å². The standard InChI is InChI=1S/C15H22N2O2/c16-10-12(11-6-2-1-3-7-11)15(19)17-13-8-4-5-9-14(13)18/h1-3,6-7,12-14,18H,4-5,8-10,16H2,(H,17,19)/t12?,13-,14-/m0/s1. The average Bonchev–Trinajstić information content (AvgIpc) is 2.43. The molecule has 0 spiro atoms. The summed E-state index contributed by atoms with van der Waals surface area (Å²) in [4.78, 5) is 12.3. The molecule has 3 atom stereocenters. The molecule has 0 bridgehead atoms. The van der Waals surface area contributed by atoms with Gasteiger partial charge in [0.2, 0.25) is 5.91 Å². The van der Waals surface area contributed by atoms with Crippen LogP contribution in [0.5, 0.6) is 0 Å². The highest BCUT2D eigenvalue weighted by Crippen LogP contribution is 2.20. The molecule has 1 aliphatic rings. The Kier molecular flexibility index (Phi) is 4.93. The summed E-state index contributed by atoms with van der Waals surface area (Å²) in [6.45, 7) is 0.276. The summed E-state index contributed by atoms with van der Waals surface area (Å²) in [6.07, 6.45) is 3.28. The van der Waals surface area contributed by atoms with E-state index in [-0.39, 0.29) is 24.4 Å². The fourth-order valence-electron chi connectivity index (χ4n) is 2.64. The quantitative estimate of drug-likeness (QED) is 0.762. The Morgan fingerprint density at radius 3 is 2.63 bits per heavy atom. The third-order valence-electron chi connectivity index (χ3n) is 3.81. The predicted octanol–water partition coefficient (Wildman–Crippen LogP) is 1.15. The Balaban J connectivity index is 2.01. The van der Waals surface area contributed by atoms with E-state index in [2.05, 4.69) is 5.32 Å². The van der Waals surface area contributed by atoms with Crippen molar-refractivity contribution in [3.63, 3.8) is 0 Å². The molecule has 1 aromatic rings. The number of nitrogens with two attached hydrogens (primary N) is 1. The molecule has 1 aliphatic carbocycles. The SMILES string of the molecule is NCC(C(=O)N[C@H]1CCCC[C@@H]1O)c1ccccc1. The fraction of sp³-hybridized carbons (Fsp3) is 0.533. The zero-order chi connectivity index (χ0) is 13.7. The molecule has 2 rings (SSSR count). The molecule has 104 valence electrons. The molecule has 1 unspecified atom stereocenters. The molecule has 4 N–H and O–H groups in total. The minimum absolute atomic E-state index is 0.0837. The summed E-state index contributed by atoms with van der Waals surface area (Å²) in [6, 6.07) is 9.42. The second-order valence-corrected chi connectivity index (χ2v) is 5.17. The van der Waals surface area contributed by atoms with Crippen LogP contribution >= 0.6 is 0 Å². The lowest BCUT2D eigenvalue weighted by Crippen LogP contribution is -2.47.